The molecule has 0 aliphatic carbocycles. The van der Waals surface area contributed by atoms with Gasteiger partial charge in [0.05, 0.1) is 6.10 Å². The Kier molecular flexibility index (Phi) is 20.0. The molecule has 0 spiro atoms. The molecule has 2 rings (SSSR count). The SMILES string of the molecule is C.C.C.CC(C)N1CC[C@H](O)C1.CC(C)c1cccc(OC(F)(F)F)c1.[Y]. The van der Waals surface area contributed by atoms with Crippen LogP contribution in [0.1, 0.15) is 67.9 Å². The summed E-state index contributed by atoms with van der Waals surface area (Å²) in [5, 5.41) is 9.11. The van der Waals surface area contributed by atoms with Gasteiger partial charge in [-0.2, -0.15) is 0 Å². The van der Waals surface area contributed by atoms with E-state index in [0.717, 1.165) is 25.1 Å². The fourth-order valence-electron chi connectivity index (χ4n) is 2.31. The minimum atomic E-state index is -4.62. The van der Waals surface area contributed by atoms with Crippen LogP contribution in [0.15, 0.2) is 24.3 Å². The number of nitrogens with zero attached hydrogens (tertiary/aromatic N) is 1. The van der Waals surface area contributed by atoms with Crippen molar-refractivity contribution in [3.05, 3.63) is 29.8 Å². The Balaban J connectivity index is -0.000000181. The van der Waals surface area contributed by atoms with E-state index < -0.39 is 6.36 Å². The first-order valence-electron chi connectivity index (χ1n) is 7.86. The Morgan fingerprint density at radius 1 is 1.11 bits per heavy atom. The number of aliphatic hydroxyl groups is 1. The van der Waals surface area contributed by atoms with E-state index in [-0.39, 0.29) is 72.8 Å². The van der Waals surface area contributed by atoms with Crippen LogP contribution in [0.25, 0.3) is 0 Å². The maximum absolute atomic E-state index is 11.9. The van der Waals surface area contributed by atoms with Crippen molar-refractivity contribution in [2.45, 2.75) is 80.8 Å². The summed E-state index contributed by atoms with van der Waals surface area (Å²) < 4.78 is 39.3. The summed E-state index contributed by atoms with van der Waals surface area (Å²) in [4.78, 5) is 2.30. The third kappa shape index (κ3) is 14.5. The van der Waals surface area contributed by atoms with Crippen molar-refractivity contribution in [1.82, 2.24) is 4.90 Å². The van der Waals surface area contributed by atoms with Crippen LogP contribution < -0.4 is 4.74 Å². The molecule has 0 bridgehead atoms. The van der Waals surface area contributed by atoms with Crippen LogP contribution in [-0.4, -0.2) is 41.6 Å². The van der Waals surface area contributed by atoms with Crippen molar-refractivity contribution in [3.8, 4) is 5.75 Å². The van der Waals surface area contributed by atoms with Gasteiger partial charge in [-0.15, -0.1) is 13.2 Å². The van der Waals surface area contributed by atoms with E-state index in [4.69, 9.17) is 5.11 Å². The van der Waals surface area contributed by atoms with E-state index in [1.54, 1.807) is 12.1 Å². The molecule has 0 amide bonds. The van der Waals surface area contributed by atoms with Crippen molar-refractivity contribution >= 4 is 0 Å². The van der Waals surface area contributed by atoms with Gasteiger partial charge in [-0.3, -0.25) is 4.90 Å². The van der Waals surface area contributed by atoms with Crippen molar-refractivity contribution < 1.29 is 55.7 Å². The van der Waals surface area contributed by atoms with E-state index in [9.17, 15) is 13.2 Å². The molecular weight excluding hydrogens is 432 g/mol. The number of hydrogen-bond donors (Lipinski definition) is 1. The quantitative estimate of drug-likeness (QED) is 0.582. The van der Waals surface area contributed by atoms with Crippen LogP contribution >= 0.6 is 0 Å². The summed E-state index contributed by atoms with van der Waals surface area (Å²) >= 11 is 0. The standard InChI is InChI=1S/C10H11F3O.C7H15NO.3CH4.Y/c1-7(2)8-4-3-5-9(6-8)14-10(11,12)13;1-6(2)8-4-3-7(9)5-8;;;;/h3-7H,1-2H3;6-7,9H,3-5H2,1-2H3;3*1H4;/t;7-;;;;/m.0..../s1. The molecule has 7 heteroatoms. The molecule has 0 unspecified atom stereocenters. The average molecular weight is 470 g/mol. The number of alkyl halides is 3. The Morgan fingerprint density at radius 3 is 2.00 bits per heavy atom. The van der Waals surface area contributed by atoms with Gasteiger partial charge >= 0.3 is 6.36 Å². The van der Waals surface area contributed by atoms with Gasteiger partial charge in [0.1, 0.15) is 5.75 Å². The van der Waals surface area contributed by atoms with Crippen molar-refractivity contribution in [1.29, 1.82) is 0 Å². The van der Waals surface area contributed by atoms with Gasteiger partial charge in [0, 0.05) is 51.8 Å². The Hall–Kier alpha value is -0.166. The number of ether oxygens (including phenoxy) is 1. The van der Waals surface area contributed by atoms with Crippen LogP contribution in [0.2, 0.25) is 0 Å². The van der Waals surface area contributed by atoms with Crippen molar-refractivity contribution in [2.24, 2.45) is 0 Å². The maximum atomic E-state index is 11.9. The molecule has 0 saturated carbocycles. The summed E-state index contributed by atoms with van der Waals surface area (Å²) in [6.45, 7) is 10.1. The molecule has 1 radical (unpaired) electrons. The fourth-order valence-corrected chi connectivity index (χ4v) is 2.31. The van der Waals surface area contributed by atoms with E-state index in [2.05, 4.69) is 23.5 Å². The number of benzene rings is 1. The second kappa shape index (κ2) is 15.7. The normalized spacial score (nSPS) is 16.1. The second-order valence-electron chi connectivity index (χ2n) is 6.31. The number of likely N-dealkylation sites (tertiary alicyclic amines) is 1. The summed E-state index contributed by atoms with van der Waals surface area (Å²) in [5.41, 5.74) is 0.826. The van der Waals surface area contributed by atoms with E-state index in [0.29, 0.717) is 6.04 Å². The van der Waals surface area contributed by atoms with Crippen LogP contribution in [0.5, 0.6) is 5.75 Å². The fraction of sp³-hybridized carbons (Fsp3) is 0.700. The van der Waals surface area contributed by atoms with Gasteiger partial charge in [0.15, 0.2) is 0 Å². The molecule has 3 nitrogen and oxygen atoms in total. The zero-order chi connectivity index (χ0) is 17.6. The summed E-state index contributed by atoms with van der Waals surface area (Å²) in [6.07, 6.45) is -3.72. The number of hydrogen-bond acceptors (Lipinski definition) is 3. The van der Waals surface area contributed by atoms with E-state index in [1.165, 1.54) is 12.1 Å². The molecule has 1 N–H and O–H groups in total. The van der Waals surface area contributed by atoms with Crippen LogP contribution in [0.3, 0.4) is 0 Å². The van der Waals surface area contributed by atoms with Crippen molar-refractivity contribution in [3.63, 3.8) is 0 Å². The Morgan fingerprint density at radius 2 is 1.67 bits per heavy atom. The molecule has 27 heavy (non-hydrogen) atoms. The molecule has 1 aliphatic heterocycles. The molecule has 1 heterocycles. The monoisotopic (exact) mass is 470 g/mol. The van der Waals surface area contributed by atoms with Crippen molar-refractivity contribution in [2.75, 3.05) is 13.1 Å². The number of rotatable bonds is 3. The molecule has 1 fully saturated rings. The zero-order valence-corrected chi connectivity index (χ0v) is 17.5. The largest absolute Gasteiger partial charge is 0.573 e. The molecular formula is C20H38F3NO2Y. The average Bonchev–Trinajstić information content (AvgIpc) is 2.85. The molecule has 1 atom stereocenters. The van der Waals surface area contributed by atoms with Gasteiger partial charge in [0.25, 0.3) is 0 Å². The second-order valence-corrected chi connectivity index (χ2v) is 6.31. The van der Waals surface area contributed by atoms with Crippen LogP contribution in [0.4, 0.5) is 13.2 Å². The summed E-state index contributed by atoms with van der Waals surface area (Å²) in [5.74, 6) is 0.0236. The first-order valence-corrected chi connectivity index (χ1v) is 7.86. The van der Waals surface area contributed by atoms with Gasteiger partial charge in [-0.1, -0.05) is 48.3 Å². The predicted molar refractivity (Wildman–Crippen MR) is 105 cm³/mol. The minimum absolute atomic E-state index is 0. The Labute approximate surface area is 189 Å². The predicted octanol–water partition coefficient (Wildman–Crippen LogP) is 6.08. The van der Waals surface area contributed by atoms with Crippen LogP contribution in [-0.2, 0) is 32.7 Å². The first-order chi connectivity index (χ1) is 10.6. The topological polar surface area (TPSA) is 32.7 Å². The molecule has 1 aromatic carbocycles. The number of aliphatic hydroxyl groups excluding tert-OH is 1. The third-order valence-corrected chi connectivity index (χ3v) is 3.68. The molecule has 1 saturated heterocycles. The summed E-state index contributed by atoms with van der Waals surface area (Å²) in [7, 11) is 0. The van der Waals surface area contributed by atoms with Gasteiger partial charge in [0.2, 0.25) is 0 Å². The number of β-amino-alcohol motifs (C(OH)–C–C–N with tert-alkyl or cyclic N) is 1. The minimum Gasteiger partial charge on any atom is -0.406 e. The van der Waals surface area contributed by atoms with Gasteiger partial charge < -0.3 is 9.84 Å². The Bertz CT molecular complexity index is 483. The summed E-state index contributed by atoms with van der Waals surface area (Å²) in [6, 6.07) is 6.61. The van der Waals surface area contributed by atoms with E-state index >= 15 is 0 Å². The number of halogens is 3. The molecule has 1 aliphatic rings. The maximum Gasteiger partial charge on any atom is 0.573 e. The van der Waals surface area contributed by atoms with E-state index in [1.807, 2.05) is 13.8 Å². The van der Waals surface area contributed by atoms with Gasteiger partial charge in [-0.05, 0) is 43.9 Å². The first kappa shape index (κ1) is 34.3. The smallest absolute Gasteiger partial charge is 0.406 e. The molecule has 159 valence electrons. The zero-order valence-electron chi connectivity index (χ0n) is 14.7. The third-order valence-electron chi connectivity index (χ3n) is 3.68. The molecule has 0 aromatic heterocycles. The van der Waals surface area contributed by atoms with Crippen LogP contribution in [0, 0.1) is 0 Å². The van der Waals surface area contributed by atoms with Gasteiger partial charge in [-0.25, -0.2) is 0 Å². The molecule has 1 aromatic rings.